The van der Waals surface area contributed by atoms with Gasteiger partial charge in [-0.2, -0.15) is 11.8 Å². The van der Waals surface area contributed by atoms with Gasteiger partial charge < -0.3 is 15.7 Å². The summed E-state index contributed by atoms with van der Waals surface area (Å²) in [4.78, 5) is 14.0. The van der Waals surface area contributed by atoms with Crippen molar-refractivity contribution in [3.63, 3.8) is 0 Å². The molecular formula is C14H22N2O2S. The molecule has 3 N–H and O–H groups in total. The van der Waals surface area contributed by atoms with Crippen LogP contribution in [-0.2, 0) is 4.79 Å². The second kappa shape index (κ2) is 7.40. The Morgan fingerprint density at radius 1 is 1.53 bits per heavy atom. The molecule has 0 radical (unpaired) electrons. The highest BCUT2D eigenvalue weighted by Gasteiger charge is 2.22. The van der Waals surface area contributed by atoms with Crippen LogP contribution in [0.25, 0.3) is 0 Å². The number of carbonyl (C=O) groups excluding carboxylic acids is 1. The molecule has 1 atom stereocenters. The Morgan fingerprint density at radius 3 is 2.79 bits per heavy atom. The zero-order valence-electron chi connectivity index (χ0n) is 11.7. The predicted molar refractivity (Wildman–Crippen MR) is 81.8 cm³/mol. The van der Waals surface area contributed by atoms with Gasteiger partial charge in [-0.25, -0.2) is 0 Å². The van der Waals surface area contributed by atoms with Crippen LogP contribution in [0.4, 0.5) is 5.69 Å². The van der Waals surface area contributed by atoms with Gasteiger partial charge in [-0.05, 0) is 43.9 Å². The zero-order valence-corrected chi connectivity index (χ0v) is 12.5. The van der Waals surface area contributed by atoms with E-state index in [9.17, 15) is 9.90 Å². The minimum absolute atomic E-state index is 0.0924. The summed E-state index contributed by atoms with van der Waals surface area (Å²) in [6.07, 6.45) is 2.66. The summed E-state index contributed by atoms with van der Waals surface area (Å²) in [6.45, 7) is 4.36. The van der Waals surface area contributed by atoms with Crippen molar-refractivity contribution < 1.29 is 9.90 Å². The molecule has 4 nitrogen and oxygen atoms in total. The maximum absolute atomic E-state index is 12.4. The normalized spacial score (nSPS) is 12.2. The number of benzene rings is 1. The molecule has 0 spiro atoms. The highest BCUT2D eigenvalue weighted by Crippen LogP contribution is 2.25. The van der Waals surface area contributed by atoms with Crippen molar-refractivity contribution in [2.24, 2.45) is 5.73 Å². The van der Waals surface area contributed by atoms with Crippen molar-refractivity contribution in [3.8, 4) is 5.75 Å². The number of aromatic hydroxyl groups is 1. The van der Waals surface area contributed by atoms with Crippen LogP contribution < -0.4 is 10.6 Å². The van der Waals surface area contributed by atoms with E-state index in [0.29, 0.717) is 13.0 Å². The van der Waals surface area contributed by atoms with Crippen molar-refractivity contribution in [1.82, 2.24) is 0 Å². The van der Waals surface area contributed by atoms with E-state index >= 15 is 0 Å². The largest absolute Gasteiger partial charge is 0.508 e. The molecule has 19 heavy (non-hydrogen) atoms. The van der Waals surface area contributed by atoms with Crippen molar-refractivity contribution >= 4 is 23.4 Å². The van der Waals surface area contributed by atoms with E-state index in [-0.39, 0.29) is 11.7 Å². The lowest BCUT2D eigenvalue weighted by atomic mass is 10.1. The van der Waals surface area contributed by atoms with Crippen LogP contribution in [0.3, 0.4) is 0 Å². The number of phenols is 1. The number of nitrogens with two attached hydrogens (primary N) is 1. The first-order valence-electron chi connectivity index (χ1n) is 6.36. The molecule has 0 bridgehead atoms. The van der Waals surface area contributed by atoms with Crippen molar-refractivity contribution in [1.29, 1.82) is 0 Å². The van der Waals surface area contributed by atoms with E-state index in [1.165, 1.54) is 0 Å². The fraction of sp³-hybridized carbons (Fsp3) is 0.500. The molecule has 0 unspecified atom stereocenters. The molecule has 0 aliphatic rings. The summed E-state index contributed by atoms with van der Waals surface area (Å²) in [6, 6.07) is 4.53. The fourth-order valence-electron chi connectivity index (χ4n) is 1.90. The lowest BCUT2D eigenvalue weighted by Gasteiger charge is -2.26. The number of rotatable bonds is 6. The maximum atomic E-state index is 12.4. The number of hydrogen-bond acceptors (Lipinski definition) is 4. The van der Waals surface area contributed by atoms with E-state index in [4.69, 9.17) is 5.73 Å². The van der Waals surface area contributed by atoms with Crippen LogP contribution in [0.2, 0.25) is 0 Å². The summed E-state index contributed by atoms with van der Waals surface area (Å²) in [7, 11) is 0. The van der Waals surface area contributed by atoms with Gasteiger partial charge in [-0.1, -0.05) is 6.07 Å². The topological polar surface area (TPSA) is 66.6 Å². The van der Waals surface area contributed by atoms with Crippen LogP contribution in [0.5, 0.6) is 5.75 Å². The number of carbonyl (C=O) groups is 1. The lowest BCUT2D eigenvalue weighted by molar-refractivity contribution is -0.119. The summed E-state index contributed by atoms with van der Waals surface area (Å²) >= 11 is 1.68. The first-order chi connectivity index (χ1) is 9.01. The molecule has 0 saturated carbocycles. The summed E-state index contributed by atoms with van der Waals surface area (Å²) in [5, 5.41) is 9.57. The second-order valence-corrected chi connectivity index (χ2v) is 5.43. The minimum atomic E-state index is -0.492. The van der Waals surface area contributed by atoms with E-state index in [1.54, 1.807) is 34.9 Å². The van der Waals surface area contributed by atoms with Crippen LogP contribution in [0.15, 0.2) is 18.2 Å². The van der Waals surface area contributed by atoms with E-state index in [1.807, 2.05) is 20.1 Å². The van der Waals surface area contributed by atoms with Gasteiger partial charge in [0.2, 0.25) is 5.91 Å². The molecule has 0 heterocycles. The first kappa shape index (κ1) is 15.9. The molecule has 0 aliphatic carbocycles. The van der Waals surface area contributed by atoms with E-state index in [2.05, 4.69) is 0 Å². The number of aryl methyl sites for hydroxylation is 1. The Morgan fingerprint density at radius 2 is 2.21 bits per heavy atom. The molecule has 0 fully saturated rings. The molecule has 5 heteroatoms. The molecular weight excluding hydrogens is 260 g/mol. The first-order valence-corrected chi connectivity index (χ1v) is 7.76. The van der Waals surface area contributed by atoms with Crippen molar-refractivity contribution in [2.75, 3.05) is 23.5 Å². The van der Waals surface area contributed by atoms with Gasteiger partial charge in [-0.3, -0.25) is 4.79 Å². The summed E-state index contributed by atoms with van der Waals surface area (Å²) in [5.41, 5.74) is 7.62. The summed E-state index contributed by atoms with van der Waals surface area (Å²) < 4.78 is 0. The Balaban J connectivity index is 2.93. The molecule has 1 amide bonds. The third-order valence-corrected chi connectivity index (χ3v) is 3.66. The number of hydrogen-bond donors (Lipinski definition) is 2. The highest BCUT2D eigenvalue weighted by atomic mass is 32.2. The van der Waals surface area contributed by atoms with Crippen molar-refractivity contribution in [3.05, 3.63) is 23.8 Å². The number of amides is 1. The third-order valence-electron chi connectivity index (χ3n) is 3.02. The fourth-order valence-corrected chi connectivity index (χ4v) is 2.39. The number of anilines is 1. The SMILES string of the molecule is CCN(C(=O)[C@@H](N)CCSC)c1cc(O)ccc1C. The van der Waals surface area contributed by atoms with Crippen molar-refractivity contribution in [2.45, 2.75) is 26.3 Å². The number of phenolic OH excluding ortho intramolecular Hbond substituents is 1. The van der Waals surface area contributed by atoms with Gasteiger partial charge in [0.25, 0.3) is 0 Å². The zero-order chi connectivity index (χ0) is 14.4. The highest BCUT2D eigenvalue weighted by molar-refractivity contribution is 7.98. The Bertz CT molecular complexity index is 437. The van der Waals surface area contributed by atoms with Gasteiger partial charge in [0.15, 0.2) is 0 Å². The Hall–Kier alpha value is -1.20. The van der Waals surface area contributed by atoms with E-state index in [0.717, 1.165) is 17.0 Å². The van der Waals surface area contributed by atoms with E-state index < -0.39 is 6.04 Å². The molecule has 0 aliphatic heterocycles. The molecule has 106 valence electrons. The van der Waals surface area contributed by atoms with Crippen LogP contribution in [0.1, 0.15) is 18.9 Å². The van der Waals surface area contributed by atoms with Crippen LogP contribution in [0, 0.1) is 6.92 Å². The number of thioether (sulfide) groups is 1. The monoisotopic (exact) mass is 282 g/mol. The number of nitrogens with zero attached hydrogens (tertiary/aromatic N) is 1. The Kier molecular flexibility index (Phi) is 6.18. The van der Waals surface area contributed by atoms with Gasteiger partial charge in [-0.15, -0.1) is 0 Å². The van der Waals surface area contributed by atoms with Gasteiger partial charge in [0.1, 0.15) is 5.75 Å². The van der Waals surface area contributed by atoms with Gasteiger partial charge in [0.05, 0.1) is 11.7 Å². The van der Waals surface area contributed by atoms with Gasteiger partial charge >= 0.3 is 0 Å². The molecule has 1 aromatic carbocycles. The minimum Gasteiger partial charge on any atom is -0.508 e. The van der Waals surface area contributed by atoms with Crippen LogP contribution >= 0.6 is 11.8 Å². The third kappa shape index (κ3) is 4.14. The quantitative estimate of drug-likeness (QED) is 0.839. The predicted octanol–water partition coefficient (Wildman–Crippen LogP) is 2.13. The lowest BCUT2D eigenvalue weighted by Crippen LogP contribution is -2.44. The average molecular weight is 282 g/mol. The summed E-state index contributed by atoms with van der Waals surface area (Å²) in [5.74, 6) is 0.929. The molecule has 1 aromatic rings. The Labute approximate surface area is 119 Å². The maximum Gasteiger partial charge on any atom is 0.243 e. The second-order valence-electron chi connectivity index (χ2n) is 4.44. The standard InChI is InChI=1S/C14H22N2O2S/c1-4-16(14(18)12(15)7-8-19-3)13-9-11(17)6-5-10(13)2/h5-6,9,12,17H,4,7-8,15H2,1-3H3/t12-/m0/s1. The molecule has 0 aromatic heterocycles. The smallest absolute Gasteiger partial charge is 0.243 e. The van der Waals surface area contributed by atoms with Gasteiger partial charge in [0, 0.05) is 12.6 Å². The average Bonchev–Trinajstić information content (AvgIpc) is 2.40. The van der Waals surface area contributed by atoms with Crippen LogP contribution in [-0.4, -0.2) is 35.6 Å². The molecule has 1 rings (SSSR count). The molecule has 0 saturated heterocycles. The number of likely N-dealkylation sites (N-methyl/N-ethyl adjacent to an activating group) is 1.